The van der Waals surface area contributed by atoms with Crippen molar-refractivity contribution in [2.45, 2.75) is 19.3 Å². The summed E-state index contributed by atoms with van der Waals surface area (Å²) in [5.41, 5.74) is 1.75. The van der Waals surface area contributed by atoms with Crippen LogP contribution in [0.2, 0.25) is 0 Å². The van der Waals surface area contributed by atoms with Gasteiger partial charge in [-0.25, -0.2) is 18.7 Å². The van der Waals surface area contributed by atoms with Crippen molar-refractivity contribution in [3.8, 4) is 5.88 Å². The molecule has 2 aliphatic heterocycles. The van der Waals surface area contributed by atoms with Gasteiger partial charge in [-0.15, -0.1) is 0 Å². The number of hydrogen-bond acceptors (Lipinski definition) is 6. The first-order valence-corrected chi connectivity index (χ1v) is 9.90. The van der Waals surface area contributed by atoms with Gasteiger partial charge in [0.05, 0.1) is 10.9 Å². The summed E-state index contributed by atoms with van der Waals surface area (Å²) >= 11 is 0. The number of piperazine rings is 1. The Balaban J connectivity index is 1.41. The van der Waals surface area contributed by atoms with E-state index in [1.165, 1.54) is 6.33 Å². The fourth-order valence-corrected chi connectivity index (χ4v) is 3.96. The lowest BCUT2D eigenvalue weighted by Crippen LogP contribution is -2.48. The van der Waals surface area contributed by atoms with E-state index in [-0.39, 0.29) is 5.88 Å². The highest BCUT2D eigenvalue weighted by Crippen LogP contribution is 2.28. The van der Waals surface area contributed by atoms with Crippen LogP contribution in [0, 0.1) is 5.92 Å². The second kappa shape index (κ2) is 8.96. The van der Waals surface area contributed by atoms with Crippen molar-refractivity contribution in [3.63, 3.8) is 0 Å². The maximum atomic E-state index is 12.5. The van der Waals surface area contributed by atoms with E-state index in [1.54, 1.807) is 0 Å². The Labute approximate surface area is 163 Å². The molecule has 2 saturated heterocycles. The summed E-state index contributed by atoms with van der Waals surface area (Å²) in [6.07, 6.45) is 1.13. The Bertz CT molecular complexity index is 778. The zero-order chi connectivity index (χ0) is 19.3. The average molecular weight is 392 g/mol. The van der Waals surface area contributed by atoms with E-state index < -0.39 is 13.0 Å². The molecule has 2 aliphatic rings. The third-order valence-corrected chi connectivity index (χ3v) is 5.52. The highest BCUT2D eigenvalue weighted by atomic mass is 19.3. The quantitative estimate of drug-likeness (QED) is 0.754. The topological polar surface area (TPSA) is 50.7 Å². The van der Waals surface area contributed by atoms with Crippen LogP contribution < -0.4 is 9.64 Å². The number of fused-ring (bicyclic) bond motifs is 1. The van der Waals surface area contributed by atoms with Crippen LogP contribution in [0.4, 0.5) is 14.5 Å². The van der Waals surface area contributed by atoms with Gasteiger partial charge in [-0.2, -0.15) is 0 Å². The highest BCUT2D eigenvalue weighted by molar-refractivity contribution is 5.86. The molecule has 0 saturated carbocycles. The van der Waals surface area contributed by atoms with Gasteiger partial charge in [-0.3, -0.25) is 4.90 Å². The molecule has 8 heteroatoms. The summed E-state index contributed by atoms with van der Waals surface area (Å²) in [7, 11) is 0. The van der Waals surface area contributed by atoms with E-state index in [4.69, 9.17) is 9.47 Å². The standard InChI is InChI=1S/C20H26F2N4O2/c21-19(22)13-28-20-17-11-16(1-2-18(17)23-14-24-20)26-7-5-25(6-8-26)12-15-3-9-27-10-4-15/h1-2,11,14-15,19H,3-10,12-13H2. The van der Waals surface area contributed by atoms with Crippen molar-refractivity contribution >= 4 is 16.6 Å². The lowest BCUT2D eigenvalue weighted by molar-refractivity contribution is 0.0517. The minimum atomic E-state index is -2.53. The lowest BCUT2D eigenvalue weighted by Gasteiger charge is -2.38. The first-order valence-electron chi connectivity index (χ1n) is 9.90. The zero-order valence-corrected chi connectivity index (χ0v) is 15.9. The monoisotopic (exact) mass is 392 g/mol. The van der Waals surface area contributed by atoms with Crippen molar-refractivity contribution in [2.75, 3.05) is 57.4 Å². The number of hydrogen-bond donors (Lipinski definition) is 0. The number of alkyl halides is 2. The number of halogens is 2. The van der Waals surface area contributed by atoms with E-state index in [2.05, 4.69) is 19.8 Å². The molecule has 0 atom stereocenters. The summed E-state index contributed by atoms with van der Waals surface area (Å²) in [4.78, 5) is 13.1. The van der Waals surface area contributed by atoms with Gasteiger partial charge in [0, 0.05) is 51.6 Å². The van der Waals surface area contributed by atoms with Crippen LogP contribution in [0.25, 0.3) is 10.9 Å². The molecular formula is C20H26F2N4O2. The van der Waals surface area contributed by atoms with Gasteiger partial charge in [0.1, 0.15) is 6.33 Å². The number of rotatable bonds is 6. The number of nitrogens with zero attached hydrogens (tertiary/aromatic N) is 4. The molecule has 1 aromatic carbocycles. The van der Waals surface area contributed by atoms with Crippen LogP contribution in [0.15, 0.2) is 24.5 Å². The molecule has 1 aromatic heterocycles. The van der Waals surface area contributed by atoms with E-state index in [0.29, 0.717) is 10.9 Å². The molecule has 0 amide bonds. The molecule has 0 spiro atoms. The largest absolute Gasteiger partial charge is 0.471 e. The summed E-state index contributed by atoms with van der Waals surface area (Å²) in [5, 5.41) is 0.672. The predicted octanol–water partition coefficient (Wildman–Crippen LogP) is 2.82. The summed E-state index contributed by atoms with van der Waals surface area (Å²) in [5.74, 6) is 0.956. The molecule has 0 unspecified atom stereocenters. The zero-order valence-electron chi connectivity index (χ0n) is 15.9. The molecule has 152 valence electrons. The molecule has 0 N–H and O–H groups in total. The third-order valence-electron chi connectivity index (χ3n) is 5.52. The molecule has 4 rings (SSSR count). The van der Waals surface area contributed by atoms with Gasteiger partial charge in [0.2, 0.25) is 5.88 Å². The van der Waals surface area contributed by atoms with Crippen molar-refractivity contribution < 1.29 is 18.3 Å². The van der Waals surface area contributed by atoms with Crippen LogP contribution in [0.5, 0.6) is 5.88 Å². The van der Waals surface area contributed by atoms with E-state index in [0.717, 1.165) is 70.4 Å². The molecule has 6 nitrogen and oxygen atoms in total. The minimum Gasteiger partial charge on any atom is -0.471 e. The number of ether oxygens (including phenoxy) is 2. The highest BCUT2D eigenvalue weighted by Gasteiger charge is 2.22. The van der Waals surface area contributed by atoms with Crippen molar-refractivity contribution in [1.82, 2.24) is 14.9 Å². The van der Waals surface area contributed by atoms with Gasteiger partial charge in [-0.05, 0) is 37.0 Å². The maximum absolute atomic E-state index is 12.5. The molecule has 28 heavy (non-hydrogen) atoms. The van der Waals surface area contributed by atoms with Gasteiger partial charge in [0.15, 0.2) is 6.61 Å². The molecule has 3 heterocycles. The summed E-state index contributed by atoms with van der Waals surface area (Å²) in [6.45, 7) is 6.19. The molecular weight excluding hydrogens is 366 g/mol. The Kier molecular flexibility index (Phi) is 6.17. The van der Waals surface area contributed by atoms with Crippen molar-refractivity contribution in [1.29, 1.82) is 0 Å². The van der Waals surface area contributed by atoms with Crippen LogP contribution in [0.1, 0.15) is 12.8 Å². The Hall–Kier alpha value is -2.06. The fraction of sp³-hybridized carbons (Fsp3) is 0.600. The number of benzene rings is 1. The van der Waals surface area contributed by atoms with Gasteiger partial charge in [-0.1, -0.05) is 0 Å². The van der Waals surface area contributed by atoms with E-state index >= 15 is 0 Å². The maximum Gasteiger partial charge on any atom is 0.272 e. The lowest BCUT2D eigenvalue weighted by atomic mass is 9.99. The predicted molar refractivity (Wildman–Crippen MR) is 103 cm³/mol. The molecule has 0 radical (unpaired) electrons. The molecule has 2 fully saturated rings. The van der Waals surface area contributed by atoms with Crippen LogP contribution in [0.3, 0.4) is 0 Å². The first-order chi connectivity index (χ1) is 13.7. The number of aromatic nitrogens is 2. The van der Waals surface area contributed by atoms with Gasteiger partial charge >= 0.3 is 0 Å². The Morgan fingerprint density at radius 3 is 2.64 bits per heavy atom. The van der Waals surface area contributed by atoms with Gasteiger partial charge < -0.3 is 14.4 Å². The second-order valence-electron chi connectivity index (χ2n) is 7.43. The third kappa shape index (κ3) is 4.67. The SMILES string of the molecule is FC(F)COc1ncnc2ccc(N3CCN(CC4CCOCC4)CC3)cc12. The summed E-state index contributed by atoms with van der Waals surface area (Å²) in [6, 6.07) is 5.88. The fourth-order valence-electron chi connectivity index (χ4n) is 3.96. The van der Waals surface area contributed by atoms with Crippen LogP contribution in [-0.4, -0.2) is 73.8 Å². The Morgan fingerprint density at radius 2 is 1.89 bits per heavy atom. The van der Waals surface area contributed by atoms with E-state index in [1.807, 2.05) is 18.2 Å². The minimum absolute atomic E-state index is 0.213. The number of anilines is 1. The summed E-state index contributed by atoms with van der Waals surface area (Å²) < 4.78 is 35.7. The molecule has 0 aliphatic carbocycles. The molecule has 2 aromatic rings. The van der Waals surface area contributed by atoms with Crippen molar-refractivity contribution in [3.05, 3.63) is 24.5 Å². The first kappa shape index (κ1) is 19.3. The smallest absolute Gasteiger partial charge is 0.272 e. The van der Waals surface area contributed by atoms with Crippen molar-refractivity contribution in [2.24, 2.45) is 5.92 Å². The Morgan fingerprint density at radius 1 is 1.11 bits per heavy atom. The van der Waals surface area contributed by atoms with Gasteiger partial charge in [0.25, 0.3) is 6.43 Å². The van der Waals surface area contributed by atoms with Crippen LogP contribution >= 0.6 is 0 Å². The normalized spacial score (nSPS) is 19.5. The molecule has 0 bridgehead atoms. The van der Waals surface area contributed by atoms with E-state index in [9.17, 15) is 8.78 Å². The van der Waals surface area contributed by atoms with Crippen LogP contribution in [-0.2, 0) is 4.74 Å². The average Bonchev–Trinajstić information content (AvgIpc) is 2.73. The second-order valence-corrected chi connectivity index (χ2v) is 7.43.